The molecule has 9 nitrogen and oxygen atoms in total. The van der Waals surface area contributed by atoms with Crippen LogP contribution in [0.2, 0.25) is 0 Å². The number of Topliss-reactive ketones (excluding diaryl/α,β-unsaturated/α-hetero) is 1. The number of nitrogens with one attached hydrogen (secondary N) is 3. The molecule has 1 unspecified atom stereocenters. The second-order valence-electron chi connectivity index (χ2n) is 9.48. The predicted octanol–water partition coefficient (Wildman–Crippen LogP) is 2.56. The van der Waals surface area contributed by atoms with Gasteiger partial charge in [0, 0.05) is 49.7 Å². The fourth-order valence-electron chi connectivity index (χ4n) is 3.55. The second-order valence-corrected chi connectivity index (χ2v) is 13.5. The number of unbranched alkanes of at least 4 members (excludes halogenated alkanes) is 1. The molecule has 4 N–H and O–H groups in total. The van der Waals surface area contributed by atoms with E-state index in [2.05, 4.69) is 33.7 Å². The van der Waals surface area contributed by atoms with E-state index in [9.17, 15) is 24.1 Å². The summed E-state index contributed by atoms with van der Waals surface area (Å²) in [5.74, 6) is 6.15. The number of carbonyl (C=O) groups is 4. The van der Waals surface area contributed by atoms with Gasteiger partial charge in [-0.3, -0.25) is 19.2 Å². The molecule has 0 aromatic rings. The highest BCUT2D eigenvalue weighted by atomic mass is 32.5. The molecule has 0 rings (SSSR count). The summed E-state index contributed by atoms with van der Waals surface area (Å²) in [7, 11) is 0. The van der Waals surface area contributed by atoms with Crippen molar-refractivity contribution < 1.29 is 28.6 Å². The van der Waals surface area contributed by atoms with Crippen LogP contribution in [0, 0.1) is 37.0 Å². The van der Waals surface area contributed by atoms with E-state index < -0.39 is 12.0 Å². The van der Waals surface area contributed by atoms with Crippen molar-refractivity contribution in [2.24, 2.45) is 0 Å². The van der Waals surface area contributed by atoms with Crippen LogP contribution in [-0.4, -0.2) is 59.3 Å². The van der Waals surface area contributed by atoms with Gasteiger partial charge in [-0.25, -0.2) is 0 Å². The van der Waals surface area contributed by atoms with Crippen LogP contribution in [0.3, 0.4) is 0 Å². The van der Waals surface area contributed by atoms with Gasteiger partial charge >= 0.3 is 0 Å². The minimum absolute atomic E-state index is 0.0383. The molecule has 0 radical (unpaired) electrons. The Morgan fingerprint density at radius 2 is 1.38 bits per heavy atom. The van der Waals surface area contributed by atoms with E-state index in [-0.39, 0.29) is 100 Å². The summed E-state index contributed by atoms with van der Waals surface area (Å²) in [6.07, 6.45) is 18.2. The van der Waals surface area contributed by atoms with Crippen LogP contribution in [0.15, 0.2) is 0 Å². The van der Waals surface area contributed by atoms with Crippen molar-refractivity contribution in [3.63, 3.8) is 0 Å². The fraction of sp³-hybridized carbons (Fsp3) is 0.643. The average molecular weight is 580 g/mol. The molecule has 0 fully saturated rings. The number of rotatable bonds is 21. The van der Waals surface area contributed by atoms with E-state index >= 15 is 0 Å². The van der Waals surface area contributed by atoms with Crippen LogP contribution in [0.4, 0.5) is 0 Å². The number of ketones is 1. The maximum absolute atomic E-state index is 13.0. The van der Waals surface area contributed by atoms with Gasteiger partial charge in [0.15, 0.2) is 6.49 Å². The number of hydrogen-bond donors (Lipinski definition) is 4. The average Bonchev–Trinajstić information content (AvgIpc) is 2.89. The summed E-state index contributed by atoms with van der Waals surface area (Å²) >= 11 is 5.11. The van der Waals surface area contributed by atoms with E-state index in [1.807, 2.05) is 0 Å². The quantitative estimate of drug-likeness (QED) is 0.0933. The lowest BCUT2D eigenvalue weighted by atomic mass is 9.82. The maximum atomic E-state index is 13.0. The number of amides is 3. The Balaban J connectivity index is 5.52. The normalized spacial score (nSPS) is 12.3. The third kappa shape index (κ3) is 17.5. The van der Waals surface area contributed by atoms with Crippen molar-refractivity contribution in [2.75, 3.05) is 19.7 Å². The van der Waals surface area contributed by atoms with Crippen LogP contribution >= 0.6 is 6.49 Å². The third-order valence-corrected chi connectivity index (χ3v) is 9.44. The Bertz CT molecular complexity index is 909. The van der Waals surface area contributed by atoms with Crippen LogP contribution in [-0.2, 0) is 35.5 Å². The van der Waals surface area contributed by atoms with Gasteiger partial charge in [0.1, 0.15) is 5.78 Å². The molecule has 0 aliphatic rings. The molecule has 0 aromatic carbocycles. The summed E-state index contributed by atoms with van der Waals surface area (Å²) in [5, 5.41) is 8.20. The Morgan fingerprint density at radius 3 is 1.87 bits per heavy atom. The Kier molecular flexibility index (Phi) is 18.9. The highest BCUT2D eigenvalue weighted by molar-refractivity contribution is 8.09. The molecule has 0 spiro atoms. The summed E-state index contributed by atoms with van der Waals surface area (Å²) < 4.78 is 5.45. The van der Waals surface area contributed by atoms with Crippen molar-refractivity contribution in [3.05, 3.63) is 0 Å². The lowest BCUT2D eigenvalue weighted by Gasteiger charge is -2.35. The molecule has 3 amide bonds. The maximum Gasteiger partial charge on any atom is 0.220 e. The molecule has 0 saturated heterocycles. The molecule has 0 aliphatic carbocycles. The van der Waals surface area contributed by atoms with E-state index in [1.54, 1.807) is 13.8 Å². The first kappa shape index (κ1) is 36.3. The number of carbonyl (C=O) groups excluding carboxylic acids is 4. The topological polar surface area (TPSA) is 134 Å². The van der Waals surface area contributed by atoms with Crippen molar-refractivity contribution in [1.82, 2.24) is 16.0 Å². The van der Waals surface area contributed by atoms with Gasteiger partial charge in [0.25, 0.3) is 0 Å². The highest BCUT2D eigenvalue weighted by Gasteiger charge is 2.33. The largest absolute Gasteiger partial charge is 0.351 e. The Labute approximate surface area is 238 Å². The smallest absolute Gasteiger partial charge is 0.220 e. The van der Waals surface area contributed by atoms with Crippen molar-refractivity contribution in [3.8, 4) is 37.0 Å². The Morgan fingerprint density at radius 1 is 0.846 bits per heavy atom. The first-order valence-corrected chi connectivity index (χ1v) is 15.8. The molecular weight excluding hydrogens is 537 g/mol. The molecular formula is C28H42N3O6PS. The van der Waals surface area contributed by atoms with Crippen LogP contribution < -0.4 is 16.0 Å². The summed E-state index contributed by atoms with van der Waals surface area (Å²) in [6, 6.07) is 0. The lowest BCUT2D eigenvalue weighted by Crippen LogP contribution is -2.50. The lowest BCUT2D eigenvalue weighted by molar-refractivity contribution is -0.127. The first-order valence-electron chi connectivity index (χ1n) is 13.0. The minimum Gasteiger partial charge on any atom is -0.351 e. The minimum atomic E-state index is -2.85. The van der Waals surface area contributed by atoms with Gasteiger partial charge < -0.3 is 25.4 Å². The highest BCUT2D eigenvalue weighted by Crippen LogP contribution is 2.47. The second kappa shape index (κ2) is 20.3. The summed E-state index contributed by atoms with van der Waals surface area (Å²) in [5.41, 5.74) is -1.15. The SMILES string of the molecule is C#CCCC(=O)CCC(CCC(=O)NCC#C)(CCC(=O)NCC#C)NC(=O)CCCCOP(O)(=S)C(C)C. The van der Waals surface area contributed by atoms with E-state index in [0.717, 1.165) is 0 Å². The number of terminal acetylenes is 3. The Hall–Kier alpha value is -2.67. The zero-order valence-corrected chi connectivity index (χ0v) is 24.8. The fourth-order valence-corrected chi connectivity index (χ4v) is 4.46. The van der Waals surface area contributed by atoms with Gasteiger partial charge in [-0.05, 0) is 43.9 Å². The molecule has 0 aliphatic heterocycles. The molecule has 0 aromatic heterocycles. The molecule has 0 saturated carbocycles. The zero-order chi connectivity index (χ0) is 29.7. The van der Waals surface area contributed by atoms with Crippen molar-refractivity contribution in [2.45, 2.75) is 95.7 Å². The summed E-state index contributed by atoms with van der Waals surface area (Å²) in [4.78, 5) is 60.2. The summed E-state index contributed by atoms with van der Waals surface area (Å²) in [6.45, 7) is 1.11. The predicted molar refractivity (Wildman–Crippen MR) is 157 cm³/mol. The van der Waals surface area contributed by atoms with Crippen LogP contribution in [0.1, 0.15) is 84.5 Å². The van der Waals surface area contributed by atoms with E-state index in [4.69, 9.17) is 35.6 Å². The van der Waals surface area contributed by atoms with Gasteiger partial charge in [-0.15, -0.1) is 25.2 Å². The molecule has 1 atom stereocenters. The molecule has 216 valence electrons. The van der Waals surface area contributed by atoms with E-state index in [1.165, 1.54) is 0 Å². The molecule has 11 heteroatoms. The zero-order valence-electron chi connectivity index (χ0n) is 23.1. The molecule has 0 bridgehead atoms. The van der Waals surface area contributed by atoms with Crippen LogP contribution in [0.25, 0.3) is 0 Å². The molecule has 0 heterocycles. The van der Waals surface area contributed by atoms with Gasteiger partial charge in [0.05, 0.1) is 19.7 Å². The van der Waals surface area contributed by atoms with E-state index in [0.29, 0.717) is 19.3 Å². The molecule has 39 heavy (non-hydrogen) atoms. The van der Waals surface area contributed by atoms with Crippen molar-refractivity contribution >= 4 is 41.8 Å². The standard InChI is InChI=1S/C28H42N3O6PS/c1-6-9-12-24(32)14-17-28(18-15-25(33)29-20-7-2,19-16-26(34)30-21-8-3)31-27(35)13-10-11-22-37-38(36,39)23(4)5/h1-3,23H,9-22H2,4-5H3,(H,29,33)(H,30,34)(H,31,35)(H,36,39). The third-order valence-electron chi connectivity index (χ3n) is 6.00. The van der Waals surface area contributed by atoms with Gasteiger partial charge in [0.2, 0.25) is 17.7 Å². The van der Waals surface area contributed by atoms with Gasteiger partial charge in [-0.1, -0.05) is 25.7 Å². The van der Waals surface area contributed by atoms with Crippen LogP contribution in [0.5, 0.6) is 0 Å². The first-order chi connectivity index (χ1) is 18.4. The monoisotopic (exact) mass is 579 g/mol. The van der Waals surface area contributed by atoms with Crippen molar-refractivity contribution in [1.29, 1.82) is 0 Å². The number of hydrogen-bond acceptors (Lipinski definition) is 6. The van der Waals surface area contributed by atoms with Gasteiger partial charge in [-0.2, -0.15) is 0 Å².